The zero-order chi connectivity index (χ0) is 15.5. The molecule has 0 N–H and O–H groups in total. The number of carbonyl (C=O) groups excluding carboxylic acids is 1. The molecule has 0 amide bonds. The number of nitriles is 1. The van der Waals surface area contributed by atoms with E-state index in [9.17, 15) is 9.18 Å². The number of unbranched alkanes of at least 4 members (excludes halogenated alkanes) is 6. The molecule has 0 aliphatic carbocycles. The highest BCUT2D eigenvalue weighted by Crippen LogP contribution is 2.20. The number of ketones is 1. The topological polar surface area (TPSA) is 40.9 Å². The van der Waals surface area contributed by atoms with Crippen molar-refractivity contribution >= 4 is 5.78 Å². The Morgan fingerprint density at radius 2 is 1.86 bits per heavy atom. The molecule has 1 atom stereocenters. The number of hydrogen-bond acceptors (Lipinski definition) is 2. The lowest BCUT2D eigenvalue weighted by atomic mass is 9.93. The predicted octanol–water partition coefficient (Wildman–Crippen LogP) is 5.14. The molecule has 0 heterocycles. The fourth-order valence-corrected chi connectivity index (χ4v) is 2.42. The van der Waals surface area contributed by atoms with Crippen LogP contribution in [0.2, 0.25) is 0 Å². The Kier molecular flexibility index (Phi) is 8.35. The standard InChI is InChI=1S/C18H24FNO/c1-2-3-4-5-6-7-8-12-18(21)17(14-20)15-10-9-11-16(19)13-15/h9-11,13,17H,2-8,12H2,1H3. The molecule has 3 heteroatoms. The summed E-state index contributed by atoms with van der Waals surface area (Å²) in [6.45, 7) is 2.19. The number of Topliss-reactive ketones (excluding diaryl/α,β-unsaturated/α-hetero) is 1. The summed E-state index contributed by atoms with van der Waals surface area (Å²) in [5, 5.41) is 9.15. The van der Waals surface area contributed by atoms with Gasteiger partial charge in [0.25, 0.3) is 0 Å². The largest absolute Gasteiger partial charge is 0.298 e. The highest BCUT2D eigenvalue weighted by atomic mass is 19.1. The fourth-order valence-electron chi connectivity index (χ4n) is 2.42. The van der Waals surface area contributed by atoms with Crippen LogP contribution in [-0.2, 0) is 4.79 Å². The smallest absolute Gasteiger partial charge is 0.154 e. The molecule has 21 heavy (non-hydrogen) atoms. The van der Waals surface area contributed by atoms with Gasteiger partial charge in [-0.05, 0) is 24.1 Å². The Morgan fingerprint density at radius 3 is 2.48 bits per heavy atom. The first-order chi connectivity index (χ1) is 10.2. The number of halogens is 1. The lowest BCUT2D eigenvalue weighted by molar-refractivity contribution is -0.119. The zero-order valence-corrected chi connectivity index (χ0v) is 12.8. The predicted molar refractivity (Wildman–Crippen MR) is 82.4 cm³/mol. The molecule has 0 fully saturated rings. The molecule has 0 aliphatic heterocycles. The van der Waals surface area contributed by atoms with E-state index >= 15 is 0 Å². The maximum atomic E-state index is 13.2. The summed E-state index contributed by atoms with van der Waals surface area (Å²) in [6, 6.07) is 7.77. The van der Waals surface area contributed by atoms with Crippen LogP contribution >= 0.6 is 0 Å². The third-order valence-electron chi connectivity index (χ3n) is 3.66. The van der Waals surface area contributed by atoms with Crippen molar-refractivity contribution in [1.82, 2.24) is 0 Å². The first kappa shape index (κ1) is 17.4. The first-order valence-electron chi connectivity index (χ1n) is 7.86. The van der Waals surface area contributed by atoms with Gasteiger partial charge in [-0.3, -0.25) is 4.79 Å². The molecule has 0 aromatic heterocycles. The third kappa shape index (κ3) is 6.53. The summed E-state index contributed by atoms with van der Waals surface area (Å²) >= 11 is 0. The highest BCUT2D eigenvalue weighted by Gasteiger charge is 2.19. The van der Waals surface area contributed by atoms with Crippen LogP contribution in [0.4, 0.5) is 4.39 Å². The normalized spacial score (nSPS) is 11.9. The van der Waals surface area contributed by atoms with Crippen molar-refractivity contribution in [3.05, 3.63) is 35.6 Å². The van der Waals surface area contributed by atoms with Crippen molar-refractivity contribution < 1.29 is 9.18 Å². The van der Waals surface area contributed by atoms with E-state index < -0.39 is 11.7 Å². The highest BCUT2D eigenvalue weighted by molar-refractivity contribution is 5.88. The minimum Gasteiger partial charge on any atom is -0.298 e. The van der Waals surface area contributed by atoms with Crippen molar-refractivity contribution in [2.75, 3.05) is 0 Å². The van der Waals surface area contributed by atoms with E-state index in [0.717, 1.165) is 19.3 Å². The molecule has 0 aliphatic rings. The summed E-state index contributed by atoms with van der Waals surface area (Å²) in [5.41, 5.74) is 0.463. The average molecular weight is 289 g/mol. The van der Waals surface area contributed by atoms with E-state index in [1.807, 2.05) is 6.07 Å². The van der Waals surface area contributed by atoms with Gasteiger partial charge < -0.3 is 0 Å². The lowest BCUT2D eigenvalue weighted by Crippen LogP contribution is -2.10. The molecular weight excluding hydrogens is 265 g/mol. The van der Waals surface area contributed by atoms with Crippen molar-refractivity contribution in [2.24, 2.45) is 0 Å². The minimum atomic E-state index is -0.833. The minimum absolute atomic E-state index is 0.100. The van der Waals surface area contributed by atoms with E-state index in [2.05, 4.69) is 6.92 Å². The van der Waals surface area contributed by atoms with Gasteiger partial charge in [0.05, 0.1) is 6.07 Å². The average Bonchev–Trinajstić information content (AvgIpc) is 2.47. The number of nitrogens with zero attached hydrogens (tertiary/aromatic N) is 1. The molecule has 0 spiro atoms. The monoisotopic (exact) mass is 289 g/mol. The lowest BCUT2D eigenvalue weighted by Gasteiger charge is -2.08. The Morgan fingerprint density at radius 1 is 1.19 bits per heavy atom. The first-order valence-corrected chi connectivity index (χ1v) is 7.86. The Bertz CT molecular complexity index is 478. The summed E-state index contributed by atoms with van der Waals surface area (Å²) in [7, 11) is 0. The van der Waals surface area contributed by atoms with Crippen LogP contribution in [0, 0.1) is 17.1 Å². The van der Waals surface area contributed by atoms with Crippen LogP contribution in [0.3, 0.4) is 0 Å². The molecule has 1 unspecified atom stereocenters. The van der Waals surface area contributed by atoms with Crippen LogP contribution in [0.15, 0.2) is 24.3 Å². The van der Waals surface area contributed by atoms with Crippen LogP contribution in [0.25, 0.3) is 0 Å². The zero-order valence-electron chi connectivity index (χ0n) is 12.8. The molecule has 0 radical (unpaired) electrons. The molecule has 1 aromatic rings. The molecule has 1 aromatic carbocycles. The second kappa shape index (κ2) is 10.1. The summed E-state index contributed by atoms with van der Waals surface area (Å²) in [4.78, 5) is 12.1. The Hall–Kier alpha value is -1.69. The summed E-state index contributed by atoms with van der Waals surface area (Å²) in [5.74, 6) is -1.34. The maximum Gasteiger partial charge on any atom is 0.154 e. The Balaban J connectivity index is 2.34. The van der Waals surface area contributed by atoms with Crippen LogP contribution < -0.4 is 0 Å². The van der Waals surface area contributed by atoms with Crippen LogP contribution in [0.1, 0.15) is 69.8 Å². The van der Waals surface area contributed by atoms with Gasteiger partial charge in [-0.25, -0.2) is 4.39 Å². The molecule has 2 nitrogen and oxygen atoms in total. The molecule has 0 saturated heterocycles. The number of rotatable bonds is 10. The van der Waals surface area contributed by atoms with Crippen molar-refractivity contribution in [1.29, 1.82) is 5.26 Å². The van der Waals surface area contributed by atoms with Crippen molar-refractivity contribution in [3.8, 4) is 6.07 Å². The van der Waals surface area contributed by atoms with Gasteiger partial charge in [0.1, 0.15) is 11.7 Å². The molecular formula is C18H24FNO. The molecule has 0 bridgehead atoms. The molecule has 1 rings (SSSR count). The van der Waals surface area contributed by atoms with E-state index in [-0.39, 0.29) is 5.78 Å². The second-order valence-electron chi connectivity index (χ2n) is 5.45. The van der Waals surface area contributed by atoms with E-state index in [1.54, 1.807) is 6.07 Å². The van der Waals surface area contributed by atoms with Gasteiger partial charge in [0.2, 0.25) is 0 Å². The van der Waals surface area contributed by atoms with E-state index in [4.69, 9.17) is 5.26 Å². The summed E-state index contributed by atoms with van der Waals surface area (Å²) < 4.78 is 13.2. The Labute approximate surface area is 127 Å². The van der Waals surface area contributed by atoms with Gasteiger partial charge >= 0.3 is 0 Å². The molecule has 0 saturated carbocycles. The van der Waals surface area contributed by atoms with Gasteiger partial charge in [-0.1, -0.05) is 57.6 Å². The van der Waals surface area contributed by atoms with E-state index in [0.29, 0.717) is 12.0 Å². The fraction of sp³-hybridized carbons (Fsp3) is 0.556. The SMILES string of the molecule is CCCCCCCCCC(=O)C(C#N)c1cccc(F)c1. The van der Waals surface area contributed by atoms with Crippen LogP contribution in [-0.4, -0.2) is 5.78 Å². The number of hydrogen-bond donors (Lipinski definition) is 0. The van der Waals surface area contributed by atoms with Crippen molar-refractivity contribution in [2.45, 2.75) is 64.2 Å². The maximum absolute atomic E-state index is 13.2. The van der Waals surface area contributed by atoms with Gasteiger partial charge in [0, 0.05) is 6.42 Å². The number of benzene rings is 1. The van der Waals surface area contributed by atoms with Crippen LogP contribution in [0.5, 0.6) is 0 Å². The molecule has 114 valence electrons. The van der Waals surface area contributed by atoms with Gasteiger partial charge in [-0.2, -0.15) is 5.26 Å². The van der Waals surface area contributed by atoms with E-state index in [1.165, 1.54) is 43.9 Å². The van der Waals surface area contributed by atoms with Crippen molar-refractivity contribution in [3.63, 3.8) is 0 Å². The van der Waals surface area contributed by atoms with Gasteiger partial charge in [0.15, 0.2) is 5.78 Å². The van der Waals surface area contributed by atoms with Gasteiger partial charge in [-0.15, -0.1) is 0 Å². The number of carbonyl (C=O) groups is 1. The third-order valence-corrected chi connectivity index (χ3v) is 3.66. The second-order valence-corrected chi connectivity index (χ2v) is 5.45. The quantitative estimate of drug-likeness (QED) is 0.559. The summed E-state index contributed by atoms with van der Waals surface area (Å²) in [6.07, 6.45) is 8.37.